The number of hydrogen-bond donors (Lipinski definition) is 0. The summed E-state index contributed by atoms with van der Waals surface area (Å²) in [6, 6.07) is 19.1. The summed E-state index contributed by atoms with van der Waals surface area (Å²) in [6.45, 7) is 1.94. The average molecular weight is 496 g/mol. The van der Waals surface area contributed by atoms with Crippen LogP contribution in [-0.4, -0.2) is 23.3 Å². The van der Waals surface area contributed by atoms with E-state index in [0.717, 1.165) is 11.3 Å². The first kappa shape index (κ1) is 23.0. The van der Waals surface area contributed by atoms with Gasteiger partial charge in [-0.1, -0.05) is 59.8 Å². The minimum absolute atomic E-state index is 0.184. The molecule has 8 heteroatoms. The Morgan fingerprint density at radius 2 is 1.79 bits per heavy atom. The van der Waals surface area contributed by atoms with Crippen molar-refractivity contribution in [2.45, 2.75) is 6.92 Å². The fraction of sp³-hybridized carbons (Fsp3) is 0.0800. The monoisotopic (exact) mass is 495 g/mol. The number of para-hydroxylation sites is 1. The predicted octanol–water partition coefficient (Wildman–Crippen LogP) is 6.28. The van der Waals surface area contributed by atoms with Gasteiger partial charge in [-0.05, 0) is 66.6 Å². The molecular weight excluding hydrogens is 478 g/mol. The van der Waals surface area contributed by atoms with E-state index in [4.69, 9.17) is 33.3 Å². The number of esters is 1. The van der Waals surface area contributed by atoms with Crippen molar-refractivity contribution in [3.63, 3.8) is 0 Å². The number of nitrogens with zero attached hydrogens (tertiary/aromatic N) is 1. The fourth-order valence-corrected chi connectivity index (χ4v) is 4.66. The number of carbonyl (C=O) groups excluding carboxylic acids is 2. The Morgan fingerprint density at radius 3 is 2.48 bits per heavy atom. The van der Waals surface area contributed by atoms with Crippen LogP contribution >= 0.6 is 35.6 Å². The zero-order valence-electron chi connectivity index (χ0n) is 17.7. The Bertz CT molecular complexity index is 1290. The van der Waals surface area contributed by atoms with Gasteiger partial charge in [0.05, 0.1) is 23.3 Å². The fourth-order valence-electron chi connectivity index (χ4n) is 3.24. The molecule has 0 N–H and O–H groups in total. The molecule has 0 spiro atoms. The summed E-state index contributed by atoms with van der Waals surface area (Å²) in [6.07, 6.45) is 1.74. The second-order valence-corrected chi connectivity index (χ2v) is 9.22. The number of anilines is 1. The lowest BCUT2D eigenvalue weighted by molar-refractivity contribution is -0.113. The van der Waals surface area contributed by atoms with E-state index in [9.17, 15) is 9.59 Å². The molecule has 1 fully saturated rings. The van der Waals surface area contributed by atoms with E-state index in [1.54, 1.807) is 53.4 Å². The highest BCUT2D eigenvalue weighted by Gasteiger charge is 2.34. The van der Waals surface area contributed by atoms with Gasteiger partial charge in [0.1, 0.15) is 0 Å². The molecule has 0 aliphatic carbocycles. The van der Waals surface area contributed by atoms with Crippen LogP contribution in [0, 0.1) is 6.92 Å². The minimum atomic E-state index is -0.531. The highest BCUT2D eigenvalue weighted by Crippen LogP contribution is 2.38. The van der Waals surface area contributed by atoms with Crippen LogP contribution in [0.15, 0.2) is 71.6 Å². The van der Waals surface area contributed by atoms with Crippen LogP contribution < -0.4 is 14.4 Å². The molecule has 166 valence electrons. The standard InChI is InChI=1S/C25H18ClNO4S2/c1-15-5-3-4-6-19(15)27-23(28)22(33-25(27)32)14-16-7-12-20(21(13-16)30-2)31-24(29)17-8-10-18(26)11-9-17/h3-14H,1-2H3/b22-14-. The minimum Gasteiger partial charge on any atom is -0.493 e. The molecular formula is C25H18ClNO4S2. The van der Waals surface area contributed by atoms with Crippen molar-refractivity contribution in [1.82, 2.24) is 0 Å². The van der Waals surface area contributed by atoms with Crippen LogP contribution in [0.3, 0.4) is 0 Å². The molecule has 1 heterocycles. The molecule has 0 saturated carbocycles. The molecule has 0 aromatic heterocycles. The topological polar surface area (TPSA) is 55.8 Å². The number of rotatable bonds is 5. The molecule has 0 bridgehead atoms. The number of amides is 1. The molecule has 0 radical (unpaired) electrons. The first-order chi connectivity index (χ1) is 15.9. The van der Waals surface area contributed by atoms with E-state index in [1.807, 2.05) is 31.2 Å². The van der Waals surface area contributed by atoms with Crippen molar-refractivity contribution in [3.05, 3.63) is 93.3 Å². The van der Waals surface area contributed by atoms with Crippen LogP contribution in [0.25, 0.3) is 6.08 Å². The van der Waals surface area contributed by atoms with Crippen LogP contribution in [0.4, 0.5) is 5.69 Å². The van der Waals surface area contributed by atoms with Crippen molar-refractivity contribution in [2.24, 2.45) is 0 Å². The third-order valence-electron chi connectivity index (χ3n) is 4.92. The van der Waals surface area contributed by atoms with E-state index < -0.39 is 5.97 Å². The second kappa shape index (κ2) is 9.79. The molecule has 0 atom stereocenters. The predicted molar refractivity (Wildman–Crippen MR) is 136 cm³/mol. The zero-order chi connectivity index (χ0) is 23.5. The summed E-state index contributed by atoms with van der Waals surface area (Å²) >= 11 is 12.6. The van der Waals surface area contributed by atoms with Crippen molar-refractivity contribution in [3.8, 4) is 11.5 Å². The van der Waals surface area contributed by atoms with Crippen LogP contribution in [0.2, 0.25) is 5.02 Å². The molecule has 1 saturated heterocycles. The summed E-state index contributed by atoms with van der Waals surface area (Å²) in [4.78, 5) is 27.5. The molecule has 5 nitrogen and oxygen atoms in total. The van der Waals surface area contributed by atoms with Crippen LogP contribution in [0.5, 0.6) is 11.5 Å². The number of benzene rings is 3. The molecule has 3 aromatic rings. The van der Waals surface area contributed by atoms with Crippen molar-refractivity contribution >= 4 is 63.5 Å². The molecule has 1 aliphatic heterocycles. The molecule has 33 heavy (non-hydrogen) atoms. The number of carbonyl (C=O) groups is 2. The number of ether oxygens (including phenoxy) is 2. The highest BCUT2D eigenvalue weighted by molar-refractivity contribution is 8.27. The van der Waals surface area contributed by atoms with Crippen molar-refractivity contribution in [1.29, 1.82) is 0 Å². The summed E-state index contributed by atoms with van der Waals surface area (Å²) in [5, 5.41) is 0.529. The molecule has 0 unspecified atom stereocenters. The van der Waals surface area contributed by atoms with Gasteiger partial charge in [0.15, 0.2) is 15.8 Å². The summed E-state index contributed by atoms with van der Waals surface area (Å²) in [5.74, 6) is -0.0872. The van der Waals surface area contributed by atoms with Gasteiger partial charge in [-0.3, -0.25) is 9.69 Å². The number of halogens is 1. The van der Waals surface area contributed by atoms with Crippen molar-refractivity contribution < 1.29 is 19.1 Å². The number of hydrogen-bond acceptors (Lipinski definition) is 6. The summed E-state index contributed by atoms with van der Waals surface area (Å²) in [7, 11) is 1.48. The number of aryl methyl sites for hydroxylation is 1. The lowest BCUT2D eigenvalue weighted by Gasteiger charge is -2.16. The number of methoxy groups -OCH3 is 1. The Labute approximate surface area is 205 Å². The van der Waals surface area contributed by atoms with Gasteiger partial charge in [0.2, 0.25) is 0 Å². The third kappa shape index (κ3) is 4.95. The van der Waals surface area contributed by atoms with Crippen LogP contribution in [0.1, 0.15) is 21.5 Å². The van der Waals surface area contributed by atoms with Gasteiger partial charge in [0, 0.05) is 5.02 Å². The van der Waals surface area contributed by atoms with Crippen LogP contribution in [-0.2, 0) is 4.79 Å². The number of thiocarbonyl (C=S) groups is 1. The van der Waals surface area contributed by atoms with Gasteiger partial charge in [-0.15, -0.1) is 0 Å². The first-order valence-electron chi connectivity index (χ1n) is 9.87. The largest absolute Gasteiger partial charge is 0.493 e. The maximum atomic E-state index is 13.1. The smallest absolute Gasteiger partial charge is 0.343 e. The quantitative estimate of drug-likeness (QED) is 0.180. The Balaban J connectivity index is 1.57. The maximum Gasteiger partial charge on any atom is 0.343 e. The lowest BCUT2D eigenvalue weighted by atomic mass is 10.1. The normalized spacial score (nSPS) is 14.6. The van der Waals surface area contributed by atoms with E-state index in [1.165, 1.54) is 18.9 Å². The summed E-state index contributed by atoms with van der Waals surface area (Å²) < 4.78 is 11.4. The Kier molecular flexibility index (Phi) is 6.83. The third-order valence-corrected chi connectivity index (χ3v) is 6.47. The SMILES string of the molecule is COc1cc(/C=C2\SC(=S)N(c3ccccc3C)C2=O)ccc1OC(=O)c1ccc(Cl)cc1. The van der Waals surface area contributed by atoms with E-state index in [0.29, 0.717) is 31.1 Å². The van der Waals surface area contributed by atoms with Gasteiger partial charge >= 0.3 is 5.97 Å². The van der Waals surface area contributed by atoms with Crippen molar-refractivity contribution in [2.75, 3.05) is 12.0 Å². The van der Waals surface area contributed by atoms with E-state index in [2.05, 4.69) is 0 Å². The van der Waals surface area contributed by atoms with Gasteiger partial charge in [-0.2, -0.15) is 0 Å². The maximum absolute atomic E-state index is 13.1. The Morgan fingerprint density at radius 1 is 1.06 bits per heavy atom. The number of thioether (sulfide) groups is 1. The molecule has 4 rings (SSSR count). The molecule has 1 aliphatic rings. The van der Waals surface area contributed by atoms with E-state index in [-0.39, 0.29) is 11.7 Å². The molecule has 1 amide bonds. The van der Waals surface area contributed by atoms with Gasteiger partial charge in [-0.25, -0.2) is 4.79 Å². The lowest BCUT2D eigenvalue weighted by Crippen LogP contribution is -2.28. The first-order valence-corrected chi connectivity index (χ1v) is 11.5. The van der Waals surface area contributed by atoms with Gasteiger partial charge in [0.25, 0.3) is 5.91 Å². The highest BCUT2D eigenvalue weighted by atomic mass is 35.5. The Hall–Kier alpha value is -3.13. The zero-order valence-corrected chi connectivity index (χ0v) is 20.1. The van der Waals surface area contributed by atoms with E-state index >= 15 is 0 Å². The summed E-state index contributed by atoms with van der Waals surface area (Å²) in [5.41, 5.74) is 2.81. The molecule has 3 aromatic carbocycles. The second-order valence-electron chi connectivity index (χ2n) is 7.11. The van der Waals surface area contributed by atoms with Gasteiger partial charge < -0.3 is 9.47 Å². The average Bonchev–Trinajstić information content (AvgIpc) is 3.08.